The van der Waals surface area contributed by atoms with Crippen LogP contribution in [0.25, 0.3) is 0 Å². The van der Waals surface area contributed by atoms with E-state index in [4.69, 9.17) is 0 Å². The zero-order valence-electron chi connectivity index (χ0n) is 12.3. The van der Waals surface area contributed by atoms with Crippen LogP contribution in [0.4, 0.5) is 0 Å². The standard InChI is InChI=1S/C16H20O4/c1-16(2,3)13(17)10-12(15(19)20-4)14(18)11-8-6-5-7-9-11/h5-9,12H,10H2,1-4H3. The van der Waals surface area contributed by atoms with Crippen LogP contribution in [0.5, 0.6) is 0 Å². The van der Waals surface area contributed by atoms with Gasteiger partial charge in [0.25, 0.3) is 0 Å². The van der Waals surface area contributed by atoms with E-state index in [0.717, 1.165) is 0 Å². The first-order chi connectivity index (χ1) is 9.27. The molecule has 0 saturated heterocycles. The summed E-state index contributed by atoms with van der Waals surface area (Å²) in [5.74, 6) is -2.27. The Labute approximate surface area is 119 Å². The lowest BCUT2D eigenvalue weighted by atomic mass is 9.83. The fourth-order valence-electron chi connectivity index (χ4n) is 1.72. The molecule has 0 bridgehead atoms. The summed E-state index contributed by atoms with van der Waals surface area (Å²) in [7, 11) is 1.22. The zero-order chi connectivity index (χ0) is 15.3. The van der Waals surface area contributed by atoms with E-state index in [9.17, 15) is 14.4 Å². The number of carbonyl (C=O) groups is 3. The fourth-order valence-corrected chi connectivity index (χ4v) is 1.72. The van der Waals surface area contributed by atoms with Crippen LogP contribution < -0.4 is 0 Å². The van der Waals surface area contributed by atoms with Crippen molar-refractivity contribution in [2.75, 3.05) is 7.11 Å². The van der Waals surface area contributed by atoms with Gasteiger partial charge in [-0.25, -0.2) is 0 Å². The van der Waals surface area contributed by atoms with Crippen molar-refractivity contribution >= 4 is 17.5 Å². The van der Waals surface area contributed by atoms with E-state index in [-0.39, 0.29) is 18.0 Å². The van der Waals surface area contributed by atoms with Crippen molar-refractivity contribution in [1.29, 1.82) is 0 Å². The maximum atomic E-state index is 12.4. The highest BCUT2D eigenvalue weighted by atomic mass is 16.5. The summed E-state index contributed by atoms with van der Waals surface area (Å²) in [6, 6.07) is 8.46. The van der Waals surface area contributed by atoms with Crippen molar-refractivity contribution in [2.24, 2.45) is 11.3 Å². The van der Waals surface area contributed by atoms with Gasteiger partial charge in [0.15, 0.2) is 5.78 Å². The van der Waals surface area contributed by atoms with Crippen LogP contribution in [-0.4, -0.2) is 24.6 Å². The summed E-state index contributed by atoms with van der Waals surface area (Å²) in [6.07, 6.45) is -0.135. The van der Waals surface area contributed by atoms with Crippen molar-refractivity contribution in [1.82, 2.24) is 0 Å². The number of methoxy groups -OCH3 is 1. The predicted octanol–water partition coefficient (Wildman–Crippen LogP) is 2.66. The molecule has 0 amide bonds. The van der Waals surface area contributed by atoms with Crippen molar-refractivity contribution in [2.45, 2.75) is 27.2 Å². The molecule has 1 aromatic carbocycles. The van der Waals surface area contributed by atoms with E-state index in [0.29, 0.717) is 5.56 Å². The maximum Gasteiger partial charge on any atom is 0.317 e. The van der Waals surface area contributed by atoms with E-state index < -0.39 is 17.3 Å². The molecule has 1 rings (SSSR count). The predicted molar refractivity (Wildman–Crippen MR) is 75.4 cm³/mol. The number of hydrogen-bond acceptors (Lipinski definition) is 4. The van der Waals surface area contributed by atoms with Gasteiger partial charge in [0.05, 0.1) is 7.11 Å². The van der Waals surface area contributed by atoms with Crippen LogP contribution in [0, 0.1) is 11.3 Å². The van der Waals surface area contributed by atoms with E-state index in [2.05, 4.69) is 4.74 Å². The second-order valence-electron chi connectivity index (χ2n) is 5.68. The van der Waals surface area contributed by atoms with Crippen molar-refractivity contribution in [3.8, 4) is 0 Å². The molecule has 0 aliphatic rings. The van der Waals surface area contributed by atoms with Gasteiger partial charge in [-0.3, -0.25) is 14.4 Å². The summed E-state index contributed by atoms with van der Waals surface area (Å²) in [5.41, 5.74) is -0.187. The first-order valence-corrected chi connectivity index (χ1v) is 6.47. The highest BCUT2D eigenvalue weighted by molar-refractivity contribution is 6.10. The molecule has 0 radical (unpaired) electrons. The lowest BCUT2D eigenvalue weighted by molar-refractivity contribution is -0.146. The molecule has 0 spiro atoms. The molecular weight excluding hydrogens is 256 g/mol. The monoisotopic (exact) mass is 276 g/mol. The summed E-state index contributed by atoms with van der Waals surface area (Å²) < 4.78 is 4.66. The van der Waals surface area contributed by atoms with Gasteiger partial charge >= 0.3 is 5.97 Å². The number of carbonyl (C=O) groups excluding carboxylic acids is 3. The van der Waals surface area contributed by atoms with Crippen molar-refractivity contribution in [3.05, 3.63) is 35.9 Å². The number of rotatable bonds is 5. The number of ether oxygens (including phenoxy) is 1. The molecule has 0 N–H and O–H groups in total. The van der Waals surface area contributed by atoms with Crippen LogP contribution in [0.15, 0.2) is 30.3 Å². The van der Waals surface area contributed by atoms with E-state index >= 15 is 0 Å². The Balaban J connectivity index is 2.99. The third-order valence-electron chi connectivity index (χ3n) is 3.09. The van der Waals surface area contributed by atoms with E-state index in [1.807, 2.05) is 0 Å². The Morgan fingerprint density at radius 3 is 2.10 bits per heavy atom. The van der Waals surface area contributed by atoms with Crippen LogP contribution in [0.2, 0.25) is 0 Å². The van der Waals surface area contributed by atoms with Crippen molar-refractivity contribution in [3.63, 3.8) is 0 Å². The topological polar surface area (TPSA) is 60.4 Å². The first-order valence-electron chi connectivity index (χ1n) is 6.47. The maximum absolute atomic E-state index is 12.4. The third kappa shape index (κ3) is 4.02. The number of esters is 1. The summed E-state index contributed by atoms with van der Waals surface area (Å²) in [6.45, 7) is 5.28. The molecule has 20 heavy (non-hydrogen) atoms. The van der Waals surface area contributed by atoms with Crippen LogP contribution >= 0.6 is 0 Å². The molecule has 0 aromatic heterocycles. The van der Waals surface area contributed by atoms with Crippen molar-refractivity contribution < 1.29 is 19.1 Å². The Morgan fingerprint density at radius 1 is 1.10 bits per heavy atom. The molecule has 1 aromatic rings. The van der Waals surface area contributed by atoms with Gasteiger partial charge in [0.1, 0.15) is 11.7 Å². The molecule has 0 aliphatic carbocycles. The summed E-state index contributed by atoms with van der Waals surface area (Å²) in [5, 5.41) is 0. The second kappa shape index (κ2) is 6.46. The minimum Gasteiger partial charge on any atom is -0.468 e. The third-order valence-corrected chi connectivity index (χ3v) is 3.09. The lowest BCUT2D eigenvalue weighted by Gasteiger charge is -2.20. The van der Waals surface area contributed by atoms with Crippen LogP contribution in [0.3, 0.4) is 0 Å². The van der Waals surface area contributed by atoms with Crippen LogP contribution in [0.1, 0.15) is 37.6 Å². The Kier molecular flexibility index (Phi) is 5.19. The SMILES string of the molecule is COC(=O)C(CC(=O)C(C)(C)C)C(=O)c1ccccc1. The Bertz CT molecular complexity index is 497. The Hall–Kier alpha value is -1.97. The van der Waals surface area contributed by atoms with Crippen LogP contribution in [-0.2, 0) is 14.3 Å². The summed E-state index contributed by atoms with van der Waals surface area (Å²) in [4.78, 5) is 36.2. The molecule has 4 nitrogen and oxygen atoms in total. The van der Waals surface area contributed by atoms with Gasteiger partial charge in [0, 0.05) is 17.4 Å². The molecule has 1 atom stereocenters. The van der Waals surface area contributed by atoms with Gasteiger partial charge in [0.2, 0.25) is 0 Å². The minimum absolute atomic E-state index is 0.135. The Morgan fingerprint density at radius 2 is 1.65 bits per heavy atom. The van der Waals surface area contributed by atoms with E-state index in [1.54, 1.807) is 51.1 Å². The first kappa shape index (κ1) is 16.1. The zero-order valence-corrected chi connectivity index (χ0v) is 12.3. The highest BCUT2D eigenvalue weighted by Gasteiger charge is 2.34. The molecular formula is C16H20O4. The smallest absolute Gasteiger partial charge is 0.317 e. The van der Waals surface area contributed by atoms with Gasteiger partial charge < -0.3 is 4.74 Å². The van der Waals surface area contributed by atoms with E-state index in [1.165, 1.54) is 7.11 Å². The minimum atomic E-state index is -1.07. The van der Waals surface area contributed by atoms with Gasteiger partial charge in [-0.1, -0.05) is 51.1 Å². The van der Waals surface area contributed by atoms with Gasteiger partial charge in [-0.2, -0.15) is 0 Å². The molecule has 0 saturated carbocycles. The summed E-state index contributed by atoms with van der Waals surface area (Å²) >= 11 is 0. The second-order valence-corrected chi connectivity index (χ2v) is 5.68. The normalized spacial score (nSPS) is 12.6. The molecule has 1 unspecified atom stereocenters. The average molecular weight is 276 g/mol. The molecule has 0 heterocycles. The fraction of sp³-hybridized carbons (Fsp3) is 0.438. The lowest BCUT2D eigenvalue weighted by Crippen LogP contribution is -2.32. The highest BCUT2D eigenvalue weighted by Crippen LogP contribution is 2.23. The number of ketones is 2. The number of hydrogen-bond donors (Lipinski definition) is 0. The molecule has 0 fully saturated rings. The van der Waals surface area contributed by atoms with Gasteiger partial charge in [-0.05, 0) is 0 Å². The molecule has 108 valence electrons. The average Bonchev–Trinajstić information content (AvgIpc) is 2.42. The van der Waals surface area contributed by atoms with Gasteiger partial charge in [-0.15, -0.1) is 0 Å². The molecule has 0 aliphatic heterocycles. The quantitative estimate of drug-likeness (QED) is 0.471. The molecule has 4 heteroatoms. The number of benzene rings is 1. The number of Topliss-reactive ketones (excluding diaryl/α,β-unsaturated/α-hetero) is 2. The largest absolute Gasteiger partial charge is 0.468 e.